The lowest BCUT2D eigenvalue weighted by Crippen LogP contribution is -2.08. The van der Waals surface area contributed by atoms with Gasteiger partial charge >= 0.3 is 0 Å². The highest BCUT2D eigenvalue weighted by Gasteiger charge is 2.16. The van der Waals surface area contributed by atoms with Gasteiger partial charge in [0.15, 0.2) is 0 Å². The summed E-state index contributed by atoms with van der Waals surface area (Å²) < 4.78 is 0. The molecule has 0 heterocycles. The summed E-state index contributed by atoms with van der Waals surface area (Å²) in [6.45, 7) is 9.34. The summed E-state index contributed by atoms with van der Waals surface area (Å²) in [5.41, 5.74) is 0. The van der Waals surface area contributed by atoms with Gasteiger partial charge in [0.1, 0.15) is 7.85 Å². The Morgan fingerprint density at radius 3 is 2.15 bits per heavy atom. The molecular weight excluding hydrogens is 155 g/mol. The first-order valence-electron chi connectivity index (χ1n) is 5.98. The topological polar surface area (TPSA) is 0 Å². The fourth-order valence-electron chi connectivity index (χ4n) is 1.77. The Bertz CT molecular complexity index is 116. The molecule has 1 heteroatoms. The standard InChI is InChI=1S/C12H27B/c1-5-6-9-12(4,13)10-7-8-11(2)3/h11H,5-10,13H2,1-4H3. The van der Waals surface area contributed by atoms with Crippen LogP contribution in [-0.2, 0) is 0 Å². The van der Waals surface area contributed by atoms with Gasteiger partial charge in [-0.2, -0.15) is 0 Å². The van der Waals surface area contributed by atoms with E-state index in [0.717, 1.165) is 5.92 Å². The third kappa shape index (κ3) is 8.40. The molecule has 0 aromatic carbocycles. The molecule has 0 amide bonds. The first-order chi connectivity index (χ1) is 5.98. The molecule has 0 spiro atoms. The van der Waals surface area contributed by atoms with E-state index in [1.807, 2.05) is 0 Å². The molecule has 1 unspecified atom stereocenters. The van der Waals surface area contributed by atoms with Crippen molar-refractivity contribution in [2.75, 3.05) is 0 Å². The maximum Gasteiger partial charge on any atom is 0.109 e. The van der Waals surface area contributed by atoms with Crippen LogP contribution in [0.25, 0.3) is 0 Å². The quantitative estimate of drug-likeness (QED) is 0.525. The summed E-state index contributed by atoms with van der Waals surface area (Å²) in [7, 11) is 2.42. The van der Waals surface area contributed by atoms with Crippen LogP contribution < -0.4 is 0 Å². The van der Waals surface area contributed by atoms with Crippen LogP contribution in [0.3, 0.4) is 0 Å². The normalized spacial score (nSPS) is 16.1. The Morgan fingerprint density at radius 1 is 1.15 bits per heavy atom. The Kier molecular flexibility index (Phi) is 6.54. The molecule has 0 aliphatic rings. The highest BCUT2D eigenvalue weighted by Crippen LogP contribution is 2.34. The Hall–Kier alpha value is 0.0649. The van der Waals surface area contributed by atoms with Crippen LogP contribution in [0.15, 0.2) is 0 Å². The van der Waals surface area contributed by atoms with E-state index in [4.69, 9.17) is 0 Å². The summed E-state index contributed by atoms with van der Waals surface area (Å²) in [5, 5.41) is 0.588. The zero-order chi connectivity index (χ0) is 10.3. The molecule has 0 aliphatic heterocycles. The van der Waals surface area contributed by atoms with Gasteiger partial charge in [-0.1, -0.05) is 71.5 Å². The second-order valence-corrected chi connectivity index (χ2v) is 5.55. The van der Waals surface area contributed by atoms with Crippen LogP contribution in [0, 0.1) is 5.92 Å². The molecule has 0 bridgehead atoms. The molecule has 0 N–H and O–H groups in total. The van der Waals surface area contributed by atoms with Crippen LogP contribution in [0.4, 0.5) is 0 Å². The second kappa shape index (κ2) is 6.51. The first kappa shape index (κ1) is 13.1. The van der Waals surface area contributed by atoms with Gasteiger partial charge < -0.3 is 0 Å². The van der Waals surface area contributed by atoms with E-state index in [0.29, 0.717) is 5.31 Å². The van der Waals surface area contributed by atoms with Gasteiger partial charge in [0.25, 0.3) is 0 Å². The van der Waals surface area contributed by atoms with E-state index in [2.05, 4.69) is 35.5 Å². The van der Waals surface area contributed by atoms with Crippen molar-refractivity contribution in [2.45, 2.75) is 71.5 Å². The zero-order valence-electron chi connectivity index (χ0n) is 10.3. The molecule has 0 radical (unpaired) electrons. The van der Waals surface area contributed by atoms with Crippen molar-refractivity contribution in [2.24, 2.45) is 5.92 Å². The van der Waals surface area contributed by atoms with E-state index in [9.17, 15) is 0 Å². The average Bonchev–Trinajstić information content (AvgIpc) is 2.00. The maximum atomic E-state index is 2.42. The monoisotopic (exact) mass is 182 g/mol. The predicted molar refractivity (Wildman–Crippen MR) is 65.1 cm³/mol. The fourth-order valence-corrected chi connectivity index (χ4v) is 1.77. The average molecular weight is 182 g/mol. The van der Waals surface area contributed by atoms with E-state index >= 15 is 0 Å². The molecule has 0 aromatic heterocycles. The largest absolute Gasteiger partial charge is 0.109 e. The molecule has 78 valence electrons. The van der Waals surface area contributed by atoms with Gasteiger partial charge in [0.05, 0.1) is 0 Å². The molecule has 0 saturated carbocycles. The van der Waals surface area contributed by atoms with Gasteiger partial charge in [-0.15, -0.1) is 0 Å². The minimum Gasteiger partial charge on any atom is -0.0669 e. The number of hydrogen-bond acceptors (Lipinski definition) is 0. The zero-order valence-corrected chi connectivity index (χ0v) is 10.3. The third-order valence-electron chi connectivity index (χ3n) is 2.84. The smallest absolute Gasteiger partial charge is 0.0669 e. The second-order valence-electron chi connectivity index (χ2n) is 5.55. The molecule has 0 aliphatic carbocycles. The van der Waals surface area contributed by atoms with Crippen molar-refractivity contribution in [1.82, 2.24) is 0 Å². The van der Waals surface area contributed by atoms with E-state index in [1.54, 1.807) is 0 Å². The minimum atomic E-state index is 0.588. The minimum absolute atomic E-state index is 0.588. The molecule has 1 atom stereocenters. The lowest BCUT2D eigenvalue weighted by molar-refractivity contribution is 0.442. The van der Waals surface area contributed by atoms with E-state index in [1.165, 1.54) is 38.5 Å². The predicted octanol–water partition coefficient (Wildman–Crippen LogP) is 3.81. The highest BCUT2D eigenvalue weighted by atomic mass is 14.2. The number of unbranched alkanes of at least 4 members (excludes halogenated alkanes) is 1. The molecule has 0 nitrogen and oxygen atoms in total. The van der Waals surface area contributed by atoms with Crippen molar-refractivity contribution < 1.29 is 0 Å². The van der Waals surface area contributed by atoms with E-state index < -0.39 is 0 Å². The van der Waals surface area contributed by atoms with Crippen molar-refractivity contribution in [1.29, 1.82) is 0 Å². The number of hydrogen-bond donors (Lipinski definition) is 0. The van der Waals surface area contributed by atoms with Gasteiger partial charge in [-0.05, 0) is 5.92 Å². The van der Waals surface area contributed by atoms with Gasteiger partial charge in [-0.3, -0.25) is 0 Å². The van der Waals surface area contributed by atoms with Crippen LogP contribution in [0.5, 0.6) is 0 Å². The Balaban J connectivity index is 3.50. The SMILES string of the molecule is BC(C)(CCCC)CCCC(C)C. The molecule has 0 fully saturated rings. The van der Waals surface area contributed by atoms with E-state index in [-0.39, 0.29) is 0 Å². The van der Waals surface area contributed by atoms with Crippen molar-refractivity contribution in [3.05, 3.63) is 0 Å². The van der Waals surface area contributed by atoms with Gasteiger partial charge in [-0.25, -0.2) is 0 Å². The fraction of sp³-hybridized carbons (Fsp3) is 1.00. The van der Waals surface area contributed by atoms with Crippen molar-refractivity contribution >= 4 is 7.85 Å². The van der Waals surface area contributed by atoms with Crippen molar-refractivity contribution in [3.63, 3.8) is 0 Å². The summed E-state index contributed by atoms with van der Waals surface area (Å²) in [6, 6.07) is 0. The molecule has 0 rings (SSSR count). The summed E-state index contributed by atoms with van der Waals surface area (Å²) in [4.78, 5) is 0. The molecule has 13 heavy (non-hydrogen) atoms. The lowest BCUT2D eigenvalue weighted by atomic mass is 9.64. The Morgan fingerprint density at radius 2 is 1.69 bits per heavy atom. The van der Waals surface area contributed by atoms with Crippen LogP contribution in [-0.4, -0.2) is 7.85 Å². The lowest BCUT2D eigenvalue weighted by Gasteiger charge is -2.24. The van der Waals surface area contributed by atoms with Crippen LogP contribution >= 0.6 is 0 Å². The summed E-state index contributed by atoms with van der Waals surface area (Å²) in [5.74, 6) is 0.877. The first-order valence-corrected chi connectivity index (χ1v) is 5.98. The summed E-state index contributed by atoms with van der Waals surface area (Å²) in [6.07, 6.45) is 8.36. The van der Waals surface area contributed by atoms with Gasteiger partial charge in [0.2, 0.25) is 0 Å². The van der Waals surface area contributed by atoms with Crippen LogP contribution in [0.2, 0.25) is 5.31 Å². The highest BCUT2D eigenvalue weighted by molar-refractivity contribution is 6.14. The maximum absolute atomic E-state index is 2.42. The number of rotatable bonds is 7. The third-order valence-corrected chi connectivity index (χ3v) is 2.84. The van der Waals surface area contributed by atoms with Crippen molar-refractivity contribution in [3.8, 4) is 0 Å². The Labute approximate surface area is 85.9 Å². The molecule has 0 saturated heterocycles. The van der Waals surface area contributed by atoms with Crippen LogP contribution in [0.1, 0.15) is 66.2 Å². The molecule has 0 aromatic rings. The van der Waals surface area contributed by atoms with Gasteiger partial charge in [0, 0.05) is 0 Å². The molecular formula is C12H27B. The summed E-state index contributed by atoms with van der Waals surface area (Å²) >= 11 is 0.